The predicted octanol–water partition coefficient (Wildman–Crippen LogP) is 1.10. The maximum atomic E-state index is 13.2. The largest absolute Gasteiger partial charge is 0.284 e. The van der Waals surface area contributed by atoms with Crippen molar-refractivity contribution in [2.45, 2.75) is 24.2 Å². The maximum Gasteiger partial charge on any atom is 0.248 e. The molecule has 6 heterocycles. The molecule has 30 heavy (non-hydrogen) atoms. The number of hydrogen-bond acceptors (Lipinski definition) is 8. The SMILES string of the molecule is CN1C(=O)[C@@H]2[C@H](C1=O)N1[C@H](c3cccs3)[C@@H]3C(=O)N(C)C(=O)[C@@H]3N1[C@H]2c1cccs1. The van der Waals surface area contributed by atoms with Gasteiger partial charge in [0.25, 0.3) is 0 Å². The van der Waals surface area contributed by atoms with Crippen molar-refractivity contribution >= 4 is 46.3 Å². The van der Waals surface area contributed by atoms with Crippen molar-refractivity contribution in [1.82, 2.24) is 19.8 Å². The van der Waals surface area contributed by atoms with Crippen LogP contribution in [0.4, 0.5) is 0 Å². The van der Waals surface area contributed by atoms with Crippen molar-refractivity contribution in [2.24, 2.45) is 11.8 Å². The first kappa shape index (κ1) is 18.4. The van der Waals surface area contributed by atoms with Crippen LogP contribution < -0.4 is 0 Å². The number of imide groups is 2. The second-order valence-electron chi connectivity index (χ2n) is 8.09. The van der Waals surface area contributed by atoms with Gasteiger partial charge < -0.3 is 0 Å². The number of carbonyl (C=O) groups is 4. The molecule has 0 saturated carbocycles. The quantitative estimate of drug-likeness (QED) is 0.648. The minimum absolute atomic E-state index is 0.232. The van der Waals surface area contributed by atoms with Gasteiger partial charge in [-0.05, 0) is 22.9 Å². The molecular weight excluding hydrogens is 424 g/mol. The fraction of sp³-hybridized carbons (Fsp3) is 0.400. The highest BCUT2D eigenvalue weighted by Gasteiger charge is 2.73. The molecule has 0 spiro atoms. The van der Waals surface area contributed by atoms with Gasteiger partial charge in [0, 0.05) is 23.8 Å². The highest BCUT2D eigenvalue weighted by molar-refractivity contribution is 7.10. The van der Waals surface area contributed by atoms with Crippen LogP contribution in [0.2, 0.25) is 0 Å². The zero-order valence-electron chi connectivity index (χ0n) is 16.2. The van der Waals surface area contributed by atoms with E-state index in [2.05, 4.69) is 0 Å². The van der Waals surface area contributed by atoms with E-state index in [0.717, 1.165) is 9.75 Å². The number of likely N-dealkylation sites (N-methyl/N-ethyl adjacent to an activating group) is 2. The fourth-order valence-electron chi connectivity index (χ4n) is 5.59. The topological polar surface area (TPSA) is 81.2 Å². The first-order chi connectivity index (χ1) is 14.4. The lowest BCUT2D eigenvalue weighted by molar-refractivity contribution is -0.151. The molecule has 0 N–H and O–H groups in total. The van der Waals surface area contributed by atoms with Crippen LogP contribution in [-0.2, 0) is 19.2 Å². The molecule has 4 saturated heterocycles. The van der Waals surface area contributed by atoms with Crippen LogP contribution in [0.25, 0.3) is 0 Å². The lowest BCUT2D eigenvalue weighted by Gasteiger charge is -2.34. The second kappa shape index (κ2) is 6.07. The van der Waals surface area contributed by atoms with Gasteiger partial charge in [-0.25, -0.2) is 10.0 Å². The van der Waals surface area contributed by atoms with Gasteiger partial charge in [0.1, 0.15) is 12.1 Å². The van der Waals surface area contributed by atoms with Gasteiger partial charge in [-0.2, -0.15) is 0 Å². The van der Waals surface area contributed by atoms with E-state index in [1.54, 1.807) is 0 Å². The van der Waals surface area contributed by atoms with E-state index in [0.29, 0.717) is 0 Å². The molecule has 0 radical (unpaired) electrons. The van der Waals surface area contributed by atoms with Crippen LogP contribution in [0, 0.1) is 11.8 Å². The zero-order chi connectivity index (χ0) is 20.9. The first-order valence-corrected chi connectivity index (χ1v) is 11.5. The number of hydrogen-bond donors (Lipinski definition) is 0. The van der Waals surface area contributed by atoms with Crippen molar-refractivity contribution in [2.75, 3.05) is 14.1 Å². The minimum atomic E-state index is -0.710. The molecule has 154 valence electrons. The average molecular weight is 443 g/mol. The number of nitrogens with zero attached hydrogens (tertiary/aromatic N) is 4. The smallest absolute Gasteiger partial charge is 0.248 e. The van der Waals surface area contributed by atoms with Crippen LogP contribution in [0.3, 0.4) is 0 Å². The normalized spacial score (nSPS) is 36.2. The predicted molar refractivity (Wildman–Crippen MR) is 108 cm³/mol. The molecule has 4 aliphatic rings. The summed E-state index contributed by atoms with van der Waals surface area (Å²) < 4.78 is 0. The Bertz CT molecular complexity index is 998. The minimum Gasteiger partial charge on any atom is -0.284 e. The number of rotatable bonds is 2. The summed E-state index contributed by atoms with van der Waals surface area (Å²) in [4.78, 5) is 56.8. The van der Waals surface area contributed by atoms with E-state index < -0.39 is 36.0 Å². The first-order valence-electron chi connectivity index (χ1n) is 9.69. The third-order valence-electron chi connectivity index (χ3n) is 6.84. The van der Waals surface area contributed by atoms with Gasteiger partial charge in [0.2, 0.25) is 23.6 Å². The van der Waals surface area contributed by atoms with E-state index in [9.17, 15) is 19.2 Å². The van der Waals surface area contributed by atoms with Gasteiger partial charge in [0.05, 0.1) is 23.9 Å². The highest BCUT2D eigenvalue weighted by Crippen LogP contribution is 2.59. The lowest BCUT2D eigenvalue weighted by atomic mass is 9.88. The van der Waals surface area contributed by atoms with Crippen molar-refractivity contribution in [3.63, 3.8) is 0 Å². The summed E-state index contributed by atoms with van der Waals surface area (Å²) in [5, 5.41) is 7.64. The summed E-state index contributed by atoms with van der Waals surface area (Å²) in [5.74, 6) is -2.21. The van der Waals surface area contributed by atoms with Crippen LogP contribution >= 0.6 is 22.7 Å². The van der Waals surface area contributed by atoms with E-state index in [1.807, 2.05) is 45.0 Å². The van der Waals surface area contributed by atoms with E-state index in [-0.39, 0.29) is 23.6 Å². The third kappa shape index (κ3) is 2.02. The molecular formula is C20H18N4O4S2. The number of amides is 4. The van der Waals surface area contributed by atoms with Crippen LogP contribution in [-0.4, -0.2) is 69.6 Å². The summed E-state index contributed by atoms with van der Waals surface area (Å²) in [6.45, 7) is 0. The Hall–Kier alpha value is -2.40. The highest BCUT2D eigenvalue weighted by atomic mass is 32.1. The summed E-state index contributed by atoms with van der Waals surface area (Å²) in [7, 11) is 3.03. The van der Waals surface area contributed by atoms with Gasteiger partial charge in [-0.3, -0.25) is 29.0 Å². The molecule has 0 aliphatic carbocycles. The molecule has 4 fully saturated rings. The molecule has 0 unspecified atom stereocenters. The Kier molecular flexibility index (Phi) is 3.72. The third-order valence-corrected chi connectivity index (χ3v) is 8.72. The second-order valence-corrected chi connectivity index (χ2v) is 10.1. The summed E-state index contributed by atoms with van der Waals surface area (Å²) >= 11 is 3.00. The number of carbonyl (C=O) groups excluding carboxylic acids is 4. The molecule has 8 nitrogen and oxygen atoms in total. The number of thiophene rings is 2. The Morgan fingerprint density at radius 3 is 1.37 bits per heavy atom. The molecule has 6 rings (SSSR count). The average Bonchev–Trinajstić information content (AvgIpc) is 3.54. The Labute approximate surface area is 180 Å². The molecule has 2 aromatic heterocycles. The van der Waals surface area contributed by atoms with Crippen molar-refractivity contribution < 1.29 is 19.2 Å². The van der Waals surface area contributed by atoms with Crippen LogP contribution in [0.1, 0.15) is 21.8 Å². The monoisotopic (exact) mass is 442 g/mol. The summed E-state index contributed by atoms with van der Waals surface area (Å²) in [6, 6.07) is 5.36. The van der Waals surface area contributed by atoms with Crippen molar-refractivity contribution in [3.8, 4) is 0 Å². The van der Waals surface area contributed by atoms with E-state index in [4.69, 9.17) is 0 Å². The Morgan fingerprint density at radius 1 is 0.633 bits per heavy atom. The standard InChI is InChI=1S/C20H18N4O4S2/c1-21-17(25)11-13(9-5-3-7-29-9)24-16-12(18(26)22(2)20(16)28)14(10-6-4-8-30-10)23(24)15(11)19(21)27/h3-8,11-16H,1-2H3/t11-,12-,13-,14+,15+,16+/m0/s1. The van der Waals surface area contributed by atoms with Crippen LogP contribution in [0.15, 0.2) is 35.0 Å². The van der Waals surface area contributed by atoms with E-state index in [1.165, 1.54) is 46.6 Å². The molecule has 0 aromatic carbocycles. The van der Waals surface area contributed by atoms with Gasteiger partial charge in [-0.15, -0.1) is 22.7 Å². The summed E-state index contributed by atoms with van der Waals surface area (Å²) in [5.41, 5.74) is 0. The molecule has 6 atom stereocenters. The van der Waals surface area contributed by atoms with Crippen molar-refractivity contribution in [1.29, 1.82) is 0 Å². The molecule has 2 aromatic rings. The molecule has 0 bridgehead atoms. The van der Waals surface area contributed by atoms with Gasteiger partial charge in [0.15, 0.2) is 0 Å². The molecule has 4 aliphatic heterocycles. The maximum absolute atomic E-state index is 13.2. The zero-order valence-corrected chi connectivity index (χ0v) is 17.8. The van der Waals surface area contributed by atoms with Crippen LogP contribution in [0.5, 0.6) is 0 Å². The lowest BCUT2D eigenvalue weighted by Crippen LogP contribution is -2.48. The Morgan fingerprint density at radius 2 is 1.03 bits per heavy atom. The van der Waals surface area contributed by atoms with Crippen molar-refractivity contribution in [3.05, 3.63) is 44.8 Å². The van der Waals surface area contributed by atoms with Gasteiger partial charge in [-0.1, -0.05) is 12.1 Å². The number of fused-ring (bicyclic) bond motifs is 5. The number of hydrazine groups is 1. The Balaban J connectivity index is 1.59. The number of likely N-dealkylation sites (tertiary alicyclic amines) is 2. The van der Waals surface area contributed by atoms with E-state index >= 15 is 0 Å². The fourth-order valence-corrected chi connectivity index (χ4v) is 7.32. The van der Waals surface area contributed by atoms with Gasteiger partial charge >= 0.3 is 0 Å². The molecule has 10 heteroatoms. The molecule has 4 amide bonds. The summed E-state index contributed by atoms with van der Waals surface area (Å²) in [6.07, 6.45) is 0.